The number of rotatable bonds is 2. The average Bonchev–Trinajstić information content (AvgIpc) is 2.40. The summed E-state index contributed by atoms with van der Waals surface area (Å²) in [6, 6.07) is 13.4. The van der Waals surface area contributed by atoms with E-state index in [4.69, 9.17) is 0 Å². The van der Waals surface area contributed by atoms with E-state index in [1.54, 1.807) is 48.5 Å². The summed E-state index contributed by atoms with van der Waals surface area (Å²) in [6.07, 6.45) is 0. The summed E-state index contributed by atoms with van der Waals surface area (Å²) in [5, 5.41) is 0. The first-order valence-corrected chi connectivity index (χ1v) is 7.87. The molecule has 0 aliphatic rings. The van der Waals surface area contributed by atoms with Crippen LogP contribution in [0.15, 0.2) is 58.3 Å². The van der Waals surface area contributed by atoms with Gasteiger partial charge in [-0.1, -0.05) is 35.4 Å². The van der Waals surface area contributed by atoms with E-state index in [9.17, 15) is 17.5 Å². The number of aryl methyl sites for hydroxylation is 2. The van der Waals surface area contributed by atoms with Gasteiger partial charge in [-0.2, -0.15) is 0 Å². The summed E-state index contributed by atoms with van der Waals surface area (Å²) in [6.45, 7) is 3.83. The molecule has 108 valence electrons. The molecule has 0 aliphatic heterocycles. The summed E-state index contributed by atoms with van der Waals surface area (Å²) in [5.74, 6) is 0. The third-order valence-electron chi connectivity index (χ3n) is 2.43. The Labute approximate surface area is 150 Å². The van der Waals surface area contributed by atoms with Gasteiger partial charge < -0.3 is 9.11 Å². The summed E-state index contributed by atoms with van der Waals surface area (Å²) in [7, 11) is 0. The van der Waals surface area contributed by atoms with E-state index >= 15 is 0 Å². The Bertz CT molecular complexity index is 542. The van der Waals surface area contributed by atoms with Crippen LogP contribution in [0.1, 0.15) is 11.1 Å². The van der Waals surface area contributed by atoms with E-state index in [2.05, 4.69) is 0 Å². The van der Waals surface area contributed by atoms with E-state index in [-0.39, 0.29) is 27.7 Å². The zero-order valence-electron chi connectivity index (χ0n) is 11.8. The molecular weight excluding hydrogens is 497 g/mol. The van der Waals surface area contributed by atoms with Crippen molar-refractivity contribution in [3.8, 4) is 0 Å². The molecule has 2 atom stereocenters. The van der Waals surface area contributed by atoms with Crippen molar-refractivity contribution in [1.29, 1.82) is 0 Å². The predicted octanol–water partition coefficient (Wildman–Crippen LogP) is 2.46. The Hall–Kier alpha value is -0.405. The van der Waals surface area contributed by atoms with Crippen LogP contribution in [-0.2, 0) is 49.8 Å². The van der Waals surface area contributed by atoms with Gasteiger partial charge in [0.15, 0.2) is 0 Å². The molecule has 0 saturated carbocycles. The molecule has 0 heterocycles. The monoisotopic (exact) mass is 512 g/mol. The molecule has 0 N–H and O–H groups in total. The minimum Gasteiger partial charge on any atom is -0.768 e. The van der Waals surface area contributed by atoms with Gasteiger partial charge in [0.25, 0.3) is 0 Å². The number of hydrogen-bond donors (Lipinski definition) is 0. The Kier molecular flexibility index (Phi) is 10.1. The van der Waals surface area contributed by atoms with Crippen molar-refractivity contribution in [1.82, 2.24) is 0 Å². The molecule has 0 spiro atoms. The van der Waals surface area contributed by atoms with E-state index in [0.717, 1.165) is 11.1 Å². The maximum absolute atomic E-state index is 10.3. The zero-order chi connectivity index (χ0) is 15.1. The van der Waals surface area contributed by atoms with Gasteiger partial charge in [0.1, 0.15) is 0 Å². The van der Waals surface area contributed by atoms with Gasteiger partial charge in [0.05, 0.1) is 0 Å². The van der Waals surface area contributed by atoms with E-state index in [1.165, 1.54) is 0 Å². The van der Waals surface area contributed by atoms with Crippen LogP contribution in [-0.4, -0.2) is 17.5 Å². The Balaban J connectivity index is 0.000000364. The summed E-state index contributed by atoms with van der Waals surface area (Å²) in [4.78, 5) is 0.677. The van der Waals surface area contributed by atoms with Gasteiger partial charge >= 0.3 is 27.7 Å². The van der Waals surface area contributed by atoms with Crippen molar-refractivity contribution >= 4 is 22.2 Å². The standard InChI is InChI=1S/2C7H8O2S.Hg/c2*1-6-2-4-7(5-3-6)10(8)9;/h2*2-5H,1H3,(H,8,9);/q;;+2/p-2. The minimum atomic E-state index is -2.09. The van der Waals surface area contributed by atoms with Gasteiger partial charge in [0.2, 0.25) is 0 Å². The fourth-order valence-corrected chi connectivity index (χ4v) is 2.02. The van der Waals surface area contributed by atoms with Crippen LogP contribution < -0.4 is 0 Å². The topological polar surface area (TPSA) is 80.3 Å². The van der Waals surface area contributed by atoms with Crippen LogP contribution in [0.25, 0.3) is 0 Å². The third kappa shape index (κ3) is 7.97. The van der Waals surface area contributed by atoms with Crippen molar-refractivity contribution in [3.63, 3.8) is 0 Å². The van der Waals surface area contributed by atoms with Crippen LogP contribution in [0.3, 0.4) is 0 Å². The molecule has 2 aromatic rings. The fourth-order valence-electron chi connectivity index (χ4n) is 1.30. The summed E-state index contributed by atoms with van der Waals surface area (Å²) in [5.41, 5.74) is 2.13. The Morgan fingerprint density at radius 1 is 0.667 bits per heavy atom. The molecule has 0 aliphatic carbocycles. The molecule has 0 radical (unpaired) electrons. The second-order valence-electron chi connectivity index (χ2n) is 4.10. The first kappa shape index (κ1) is 20.6. The molecule has 0 aromatic heterocycles. The Morgan fingerprint density at radius 2 is 0.905 bits per heavy atom. The molecule has 4 nitrogen and oxygen atoms in total. The minimum absolute atomic E-state index is 0. The largest absolute Gasteiger partial charge is 2.00 e. The van der Waals surface area contributed by atoms with Crippen LogP contribution >= 0.6 is 0 Å². The smallest absolute Gasteiger partial charge is 0.768 e. The predicted molar refractivity (Wildman–Crippen MR) is 76.7 cm³/mol. The second-order valence-corrected chi connectivity index (χ2v) is 5.98. The van der Waals surface area contributed by atoms with Crippen LogP contribution in [0.2, 0.25) is 0 Å². The van der Waals surface area contributed by atoms with Crippen LogP contribution in [0, 0.1) is 13.8 Å². The first-order chi connectivity index (χ1) is 9.40. The quantitative estimate of drug-likeness (QED) is 0.459. The van der Waals surface area contributed by atoms with Gasteiger partial charge in [-0.05, 0) is 60.3 Å². The fraction of sp³-hybridized carbons (Fsp3) is 0.143. The SMILES string of the molecule is Cc1ccc(S(=O)[O-])cc1.Cc1ccc(S(=O)[O-])cc1.[Hg+2]. The molecule has 0 bridgehead atoms. The van der Waals surface area contributed by atoms with Crippen molar-refractivity contribution < 1.29 is 45.2 Å². The number of benzene rings is 2. The van der Waals surface area contributed by atoms with Crippen molar-refractivity contribution in [2.45, 2.75) is 23.6 Å². The molecule has 2 rings (SSSR count). The van der Waals surface area contributed by atoms with E-state index in [0.29, 0.717) is 9.79 Å². The average molecular weight is 511 g/mol. The number of hydrogen-bond acceptors (Lipinski definition) is 4. The third-order valence-corrected chi connectivity index (χ3v) is 3.74. The molecular formula is C14H14HgO4S2. The summed E-state index contributed by atoms with van der Waals surface area (Å²) < 4.78 is 41.2. The van der Waals surface area contributed by atoms with Crippen molar-refractivity contribution in [2.24, 2.45) is 0 Å². The second kappa shape index (κ2) is 10.3. The maximum atomic E-state index is 10.3. The van der Waals surface area contributed by atoms with E-state index < -0.39 is 22.2 Å². The van der Waals surface area contributed by atoms with Crippen molar-refractivity contribution in [2.75, 3.05) is 0 Å². The van der Waals surface area contributed by atoms with Gasteiger partial charge in [-0.15, -0.1) is 0 Å². The van der Waals surface area contributed by atoms with Gasteiger partial charge in [0, 0.05) is 9.79 Å². The molecule has 7 heteroatoms. The maximum Gasteiger partial charge on any atom is 2.00 e. The van der Waals surface area contributed by atoms with Crippen molar-refractivity contribution in [3.05, 3.63) is 59.7 Å². The van der Waals surface area contributed by atoms with Crippen LogP contribution in [0.5, 0.6) is 0 Å². The van der Waals surface area contributed by atoms with Gasteiger partial charge in [-0.3, -0.25) is 8.42 Å². The zero-order valence-corrected chi connectivity index (χ0v) is 18.9. The molecule has 0 saturated heterocycles. The summed E-state index contributed by atoms with van der Waals surface area (Å²) >= 11 is -4.17. The molecule has 0 fully saturated rings. The van der Waals surface area contributed by atoms with Crippen LogP contribution in [0.4, 0.5) is 0 Å². The normalized spacial score (nSPS) is 12.4. The van der Waals surface area contributed by atoms with E-state index in [1.807, 2.05) is 13.8 Å². The molecule has 2 unspecified atom stereocenters. The molecule has 2 aromatic carbocycles. The van der Waals surface area contributed by atoms with Gasteiger partial charge in [-0.25, -0.2) is 0 Å². The molecule has 0 amide bonds. The Morgan fingerprint density at radius 3 is 1.10 bits per heavy atom. The first-order valence-electron chi connectivity index (χ1n) is 5.72. The molecule has 21 heavy (non-hydrogen) atoms.